The van der Waals surface area contributed by atoms with Crippen molar-refractivity contribution in [3.05, 3.63) is 35.1 Å². The highest BCUT2D eigenvalue weighted by Gasteiger charge is 2.52. The van der Waals surface area contributed by atoms with Crippen molar-refractivity contribution in [2.45, 2.75) is 38.9 Å². The number of rotatable bonds is 3. The third kappa shape index (κ3) is 3.12. The zero-order chi connectivity index (χ0) is 15.8. The van der Waals surface area contributed by atoms with Crippen LogP contribution in [0.2, 0.25) is 0 Å². The minimum absolute atomic E-state index is 0.223. The fourth-order valence-electron chi connectivity index (χ4n) is 2.08. The zero-order valence-corrected chi connectivity index (χ0v) is 12.9. The largest absolute Gasteiger partial charge is 0.491 e. The highest BCUT2D eigenvalue weighted by Crippen LogP contribution is 2.38. The highest BCUT2D eigenvalue weighted by molar-refractivity contribution is 6.55. The Kier molecular flexibility index (Phi) is 4.15. The molecule has 4 N–H and O–H groups in total. The van der Waals surface area contributed by atoms with Crippen molar-refractivity contribution in [1.29, 1.82) is 0 Å². The van der Waals surface area contributed by atoms with E-state index in [1.54, 1.807) is 18.2 Å². The van der Waals surface area contributed by atoms with E-state index in [0.717, 1.165) is 0 Å². The summed E-state index contributed by atoms with van der Waals surface area (Å²) in [7, 11) is -0.572. The predicted octanol–water partition coefficient (Wildman–Crippen LogP) is 2.38. The van der Waals surface area contributed by atoms with Crippen LogP contribution in [-0.2, 0) is 9.31 Å². The summed E-state index contributed by atoms with van der Waals surface area (Å²) in [6, 6.07) is 4.54. The van der Waals surface area contributed by atoms with Gasteiger partial charge in [-0.25, -0.2) is 4.39 Å². The molecular formula is C15H22BFN2O2. The molecule has 0 unspecified atom stereocenters. The van der Waals surface area contributed by atoms with Gasteiger partial charge in [0.05, 0.1) is 11.2 Å². The molecule has 1 heterocycles. The van der Waals surface area contributed by atoms with E-state index >= 15 is 0 Å². The van der Waals surface area contributed by atoms with Crippen molar-refractivity contribution in [2.24, 2.45) is 5.73 Å². The fourth-order valence-corrected chi connectivity index (χ4v) is 2.08. The molecule has 0 aliphatic carbocycles. The molecule has 1 aliphatic heterocycles. The summed E-state index contributed by atoms with van der Waals surface area (Å²) in [5.41, 5.74) is 11.9. The van der Waals surface area contributed by atoms with Crippen LogP contribution >= 0.6 is 0 Å². The molecule has 4 nitrogen and oxygen atoms in total. The number of hydrogen-bond acceptors (Lipinski definition) is 4. The van der Waals surface area contributed by atoms with Gasteiger partial charge in [-0.15, -0.1) is 0 Å². The molecule has 114 valence electrons. The second-order valence-electron chi connectivity index (χ2n) is 6.29. The Balaban J connectivity index is 2.31. The molecule has 1 saturated heterocycles. The molecular weight excluding hydrogens is 270 g/mol. The van der Waals surface area contributed by atoms with Crippen LogP contribution in [-0.4, -0.2) is 24.9 Å². The number of nitrogens with two attached hydrogens (primary N) is 2. The summed E-state index contributed by atoms with van der Waals surface area (Å²) in [6.07, 6.45) is 1.66. The average Bonchev–Trinajstić information content (AvgIpc) is 2.57. The summed E-state index contributed by atoms with van der Waals surface area (Å²) in [5.74, 6) is -0.391. The molecule has 0 aromatic heterocycles. The number of benzene rings is 1. The van der Waals surface area contributed by atoms with Crippen molar-refractivity contribution in [3.8, 4) is 0 Å². The summed E-state index contributed by atoms with van der Waals surface area (Å²) in [5, 5.41) is 0. The van der Waals surface area contributed by atoms with Crippen LogP contribution in [0.15, 0.2) is 23.7 Å². The lowest BCUT2D eigenvalue weighted by molar-refractivity contribution is 0.00578. The maximum absolute atomic E-state index is 13.9. The van der Waals surface area contributed by atoms with Gasteiger partial charge in [-0.1, -0.05) is 12.1 Å². The number of anilines is 1. The Bertz CT molecular complexity index is 557. The Labute approximate surface area is 125 Å². The molecule has 0 bridgehead atoms. The summed E-state index contributed by atoms with van der Waals surface area (Å²) < 4.78 is 25.8. The first-order valence-electron chi connectivity index (χ1n) is 6.97. The third-order valence-electron chi connectivity index (χ3n) is 4.16. The number of hydrogen-bond donors (Lipinski definition) is 2. The normalized spacial score (nSPS) is 20.9. The van der Waals surface area contributed by atoms with E-state index < -0.39 is 24.1 Å². The van der Waals surface area contributed by atoms with Crippen LogP contribution in [0.5, 0.6) is 0 Å². The molecule has 0 atom stereocenters. The second kappa shape index (κ2) is 5.44. The first-order valence-corrected chi connectivity index (χ1v) is 6.97. The molecule has 1 aromatic rings. The van der Waals surface area contributed by atoms with Gasteiger partial charge in [0.2, 0.25) is 0 Å². The van der Waals surface area contributed by atoms with Gasteiger partial charge >= 0.3 is 7.12 Å². The quantitative estimate of drug-likeness (QED) is 0.663. The first kappa shape index (κ1) is 16.0. The average molecular weight is 292 g/mol. The standard InChI is InChI=1S/C15H22BFN2O2/c1-14(2)15(3,4)21-16(20-14)11(9-18)7-10-5-6-12(19)8-13(10)17/h5-8H,9,18-19H2,1-4H3. The van der Waals surface area contributed by atoms with Crippen LogP contribution in [0.1, 0.15) is 33.3 Å². The monoisotopic (exact) mass is 292 g/mol. The van der Waals surface area contributed by atoms with Crippen molar-refractivity contribution in [3.63, 3.8) is 0 Å². The molecule has 1 fully saturated rings. The van der Waals surface area contributed by atoms with Crippen molar-refractivity contribution < 1.29 is 13.7 Å². The van der Waals surface area contributed by atoms with Crippen LogP contribution in [0, 0.1) is 5.82 Å². The molecule has 21 heavy (non-hydrogen) atoms. The number of nitrogen functional groups attached to an aromatic ring is 1. The van der Waals surface area contributed by atoms with Gasteiger partial charge in [0.15, 0.2) is 0 Å². The highest BCUT2D eigenvalue weighted by atomic mass is 19.1. The van der Waals surface area contributed by atoms with Gasteiger partial charge in [-0.3, -0.25) is 0 Å². The van der Waals surface area contributed by atoms with Gasteiger partial charge in [0.1, 0.15) is 5.82 Å². The SMILES string of the molecule is CC1(C)OB(C(=Cc2ccc(N)cc2F)CN)OC1(C)C. The molecule has 6 heteroatoms. The van der Waals surface area contributed by atoms with Gasteiger partial charge < -0.3 is 20.8 Å². The van der Waals surface area contributed by atoms with E-state index in [1.165, 1.54) is 6.07 Å². The maximum atomic E-state index is 13.9. The van der Waals surface area contributed by atoms with Crippen LogP contribution in [0.3, 0.4) is 0 Å². The minimum atomic E-state index is -0.572. The van der Waals surface area contributed by atoms with Crippen molar-refractivity contribution in [1.82, 2.24) is 0 Å². The van der Waals surface area contributed by atoms with E-state index in [1.807, 2.05) is 27.7 Å². The Hall–Kier alpha value is -1.37. The van der Waals surface area contributed by atoms with E-state index in [0.29, 0.717) is 16.7 Å². The Morgan fingerprint density at radius 2 is 1.81 bits per heavy atom. The van der Waals surface area contributed by atoms with Gasteiger partial charge in [0, 0.05) is 17.8 Å². The predicted molar refractivity (Wildman–Crippen MR) is 83.9 cm³/mol. The van der Waals surface area contributed by atoms with Crippen molar-refractivity contribution >= 4 is 18.9 Å². The molecule has 1 aromatic carbocycles. The first-order chi connectivity index (χ1) is 9.66. The van der Waals surface area contributed by atoms with Gasteiger partial charge in [-0.2, -0.15) is 0 Å². The Morgan fingerprint density at radius 3 is 2.29 bits per heavy atom. The summed E-state index contributed by atoms with van der Waals surface area (Å²) in [4.78, 5) is 0. The minimum Gasteiger partial charge on any atom is -0.400 e. The van der Waals surface area contributed by atoms with E-state index in [-0.39, 0.29) is 6.54 Å². The summed E-state index contributed by atoms with van der Waals surface area (Å²) in [6.45, 7) is 8.08. The van der Waals surface area contributed by atoms with E-state index in [4.69, 9.17) is 20.8 Å². The molecule has 0 saturated carbocycles. The smallest absolute Gasteiger partial charge is 0.400 e. The lowest BCUT2D eigenvalue weighted by Crippen LogP contribution is -2.41. The fraction of sp³-hybridized carbons (Fsp3) is 0.467. The molecule has 0 amide bonds. The van der Waals surface area contributed by atoms with Crippen molar-refractivity contribution in [2.75, 3.05) is 12.3 Å². The van der Waals surface area contributed by atoms with Crippen LogP contribution in [0.4, 0.5) is 10.1 Å². The molecule has 0 spiro atoms. The second-order valence-corrected chi connectivity index (χ2v) is 6.29. The lowest BCUT2D eigenvalue weighted by Gasteiger charge is -2.32. The summed E-state index contributed by atoms with van der Waals surface area (Å²) >= 11 is 0. The third-order valence-corrected chi connectivity index (χ3v) is 4.16. The molecule has 2 rings (SSSR count). The maximum Gasteiger partial charge on any atom is 0.491 e. The molecule has 1 aliphatic rings. The lowest BCUT2D eigenvalue weighted by atomic mass is 9.77. The van der Waals surface area contributed by atoms with E-state index in [9.17, 15) is 4.39 Å². The van der Waals surface area contributed by atoms with Crippen LogP contribution in [0.25, 0.3) is 6.08 Å². The zero-order valence-electron chi connectivity index (χ0n) is 12.9. The topological polar surface area (TPSA) is 70.5 Å². The van der Waals surface area contributed by atoms with Gasteiger partial charge in [-0.05, 0) is 45.3 Å². The molecule has 0 radical (unpaired) electrons. The van der Waals surface area contributed by atoms with Crippen LogP contribution < -0.4 is 11.5 Å². The Morgan fingerprint density at radius 1 is 1.24 bits per heavy atom. The number of halogens is 1. The van der Waals surface area contributed by atoms with Gasteiger partial charge in [0.25, 0.3) is 0 Å². The van der Waals surface area contributed by atoms with E-state index in [2.05, 4.69) is 0 Å².